The van der Waals surface area contributed by atoms with Gasteiger partial charge in [0.1, 0.15) is 12.4 Å². The third-order valence-electron chi connectivity index (χ3n) is 4.65. The van der Waals surface area contributed by atoms with E-state index >= 15 is 0 Å². The first-order valence-electron chi connectivity index (χ1n) is 8.24. The highest BCUT2D eigenvalue weighted by atomic mass is 16.6. The molecule has 24 heavy (non-hydrogen) atoms. The average molecular weight is 326 g/mol. The Morgan fingerprint density at radius 3 is 2.62 bits per heavy atom. The molecule has 0 saturated heterocycles. The van der Waals surface area contributed by atoms with E-state index in [1.54, 1.807) is 0 Å². The number of hydrogen-bond donors (Lipinski definition) is 0. The van der Waals surface area contributed by atoms with Crippen molar-refractivity contribution in [1.82, 2.24) is 9.55 Å². The molecule has 2 heterocycles. The van der Waals surface area contributed by atoms with Gasteiger partial charge in [0.2, 0.25) is 6.10 Å². The lowest BCUT2D eigenvalue weighted by Crippen LogP contribution is -2.30. The lowest BCUT2D eigenvalue weighted by atomic mass is 9.98. The standard InChI is InChI=1S/C18H18N2O4/c21-16-9-10-20-17(22)15(24-18(20)19-16)11-23-14-7-5-13(6-8-14)12-3-1-2-4-12/h5-10,12,15H,1-4,11H2. The van der Waals surface area contributed by atoms with E-state index in [9.17, 15) is 9.59 Å². The first-order chi connectivity index (χ1) is 11.7. The van der Waals surface area contributed by atoms with Gasteiger partial charge < -0.3 is 9.47 Å². The summed E-state index contributed by atoms with van der Waals surface area (Å²) in [5.41, 5.74) is 0.918. The van der Waals surface area contributed by atoms with Crippen LogP contribution in [0.1, 0.15) is 42.0 Å². The molecule has 1 unspecified atom stereocenters. The SMILES string of the molecule is O=C1C(COc2ccc(C3CCCC3)cc2)Oc2nc(=O)ccn21. The Bertz CT molecular complexity index is 807. The second kappa shape index (κ2) is 6.11. The van der Waals surface area contributed by atoms with Crippen LogP contribution in [0.25, 0.3) is 0 Å². The molecule has 1 fully saturated rings. The summed E-state index contributed by atoms with van der Waals surface area (Å²) < 4.78 is 12.3. The van der Waals surface area contributed by atoms with E-state index in [4.69, 9.17) is 9.47 Å². The molecule has 1 aliphatic heterocycles. The van der Waals surface area contributed by atoms with Gasteiger partial charge in [0.25, 0.3) is 11.5 Å². The van der Waals surface area contributed by atoms with E-state index in [-0.39, 0.29) is 18.5 Å². The molecule has 0 N–H and O–H groups in total. The van der Waals surface area contributed by atoms with E-state index in [2.05, 4.69) is 17.1 Å². The lowest BCUT2D eigenvalue weighted by Gasteiger charge is -2.12. The minimum atomic E-state index is -0.784. The van der Waals surface area contributed by atoms with Crippen molar-refractivity contribution in [1.29, 1.82) is 0 Å². The van der Waals surface area contributed by atoms with Gasteiger partial charge in [0, 0.05) is 12.3 Å². The topological polar surface area (TPSA) is 70.4 Å². The van der Waals surface area contributed by atoms with Crippen LogP contribution in [0.15, 0.2) is 41.3 Å². The maximum absolute atomic E-state index is 12.2. The Labute approximate surface area is 139 Å². The number of rotatable bonds is 4. The maximum atomic E-state index is 12.2. The van der Waals surface area contributed by atoms with Crippen molar-refractivity contribution < 1.29 is 14.3 Å². The Hall–Kier alpha value is -2.63. The number of benzene rings is 1. The molecule has 6 heteroatoms. The number of ether oxygens (including phenoxy) is 2. The van der Waals surface area contributed by atoms with Crippen LogP contribution >= 0.6 is 0 Å². The zero-order valence-corrected chi connectivity index (χ0v) is 13.2. The van der Waals surface area contributed by atoms with Crippen molar-refractivity contribution in [2.45, 2.75) is 37.7 Å². The molecule has 2 aliphatic rings. The summed E-state index contributed by atoms with van der Waals surface area (Å²) in [6, 6.07) is 9.31. The van der Waals surface area contributed by atoms with E-state index in [0.717, 1.165) is 0 Å². The molecular formula is C18H18N2O4. The van der Waals surface area contributed by atoms with Crippen LogP contribution in [0.4, 0.5) is 0 Å². The largest absolute Gasteiger partial charge is 0.489 e. The molecule has 0 amide bonds. The van der Waals surface area contributed by atoms with Crippen LogP contribution in [0, 0.1) is 0 Å². The van der Waals surface area contributed by atoms with Crippen molar-refractivity contribution >= 4 is 5.91 Å². The second-order valence-electron chi connectivity index (χ2n) is 6.22. The van der Waals surface area contributed by atoms with Crippen molar-refractivity contribution in [3.8, 4) is 11.8 Å². The molecular weight excluding hydrogens is 308 g/mol. The van der Waals surface area contributed by atoms with E-state index in [0.29, 0.717) is 11.7 Å². The molecule has 4 rings (SSSR count). The van der Waals surface area contributed by atoms with Crippen LogP contribution < -0.4 is 15.0 Å². The minimum Gasteiger partial charge on any atom is -0.489 e. The van der Waals surface area contributed by atoms with E-state index in [1.807, 2.05) is 12.1 Å². The van der Waals surface area contributed by atoms with E-state index < -0.39 is 11.7 Å². The molecule has 1 saturated carbocycles. The van der Waals surface area contributed by atoms with Gasteiger partial charge in [-0.3, -0.25) is 9.59 Å². The molecule has 0 spiro atoms. The summed E-state index contributed by atoms with van der Waals surface area (Å²) in [5, 5.41) is 0. The number of carbonyl (C=O) groups is 1. The molecule has 124 valence electrons. The zero-order chi connectivity index (χ0) is 16.5. The summed E-state index contributed by atoms with van der Waals surface area (Å²) in [6.45, 7) is 0.0825. The normalized spacial score (nSPS) is 20.0. The van der Waals surface area contributed by atoms with Gasteiger partial charge in [0.05, 0.1) is 0 Å². The van der Waals surface area contributed by atoms with Crippen molar-refractivity contribution in [3.05, 3.63) is 52.4 Å². The Morgan fingerprint density at radius 1 is 1.12 bits per heavy atom. The summed E-state index contributed by atoms with van der Waals surface area (Å²) in [6.07, 6.45) is 5.73. The summed E-state index contributed by atoms with van der Waals surface area (Å²) >= 11 is 0. The third-order valence-corrected chi connectivity index (χ3v) is 4.65. The van der Waals surface area contributed by atoms with Crippen LogP contribution in [0.3, 0.4) is 0 Å². The lowest BCUT2D eigenvalue weighted by molar-refractivity contribution is 0.0726. The Balaban J connectivity index is 1.39. The first-order valence-corrected chi connectivity index (χ1v) is 8.24. The van der Waals surface area contributed by atoms with Gasteiger partial charge >= 0.3 is 6.01 Å². The molecule has 0 radical (unpaired) electrons. The molecule has 1 aromatic heterocycles. The molecule has 1 atom stereocenters. The number of aromatic nitrogens is 2. The summed E-state index contributed by atoms with van der Waals surface area (Å²) in [7, 11) is 0. The number of nitrogens with zero attached hydrogens (tertiary/aromatic N) is 2. The first kappa shape index (κ1) is 14.9. The van der Waals surface area contributed by atoms with Crippen molar-refractivity contribution in [2.75, 3.05) is 6.61 Å². The summed E-state index contributed by atoms with van der Waals surface area (Å²) in [5.74, 6) is 1.09. The Kier molecular flexibility index (Phi) is 3.80. The van der Waals surface area contributed by atoms with Gasteiger partial charge in [-0.15, -0.1) is 0 Å². The highest BCUT2D eigenvalue weighted by molar-refractivity contribution is 5.86. The van der Waals surface area contributed by atoms with Crippen LogP contribution in [-0.4, -0.2) is 28.2 Å². The van der Waals surface area contributed by atoms with Gasteiger partial charge in [-0.2, -0.15) is 4.98 Å². The van der Waals surface area contributed by atoms with Crippen LogP contribution in [0.2, 0.25) is 0 Å². The van der Waals surface area contributed by atoms with Crippen molar-refractivity contribution in [3.63, 3.8) is 0 Å². The Morgan fingerprint density at radius 2 is 1.88 bits per heavy atom. The van der Waals surface area contributed by atoms with Gasteiger partial charge in [-0.05, 0) is 36.5 Å². The van der Waals surface area contributed by atoms with Crippen LogP contribution in [0.5, 0.6) is 11.8 Å². The smallest absolute Gasteiger partial charge is 0.307 e. The molecule has 1 aliphatic carbocycles. The fourth-order valence-electron chi connectivity index (χ4n) is 3.34. The number of fused-ring (bicyclic) bond motifs is 1. The van der Waals surface area contributed by atoms with Crippen molar-refractivity contribution in [2.24, 2.45) is 0 Å². The highest BCUT2D eigenvalue weighted by Gasteiger charge is 2.33. The zero-order valence-electron chi connectivity index (χ0n) is 13.2. The molecule has 0 bridgehead atoms. The minimum absolute atomic E-state index is 0.0256. The van der Waals surface area contributed by atoms with E-state index in [1.165, 1.54) is 48.1 Å². The second-order valence-corrected chi connectivity index (χ2v) is 6.22. The third kappa shape index (κ3) is 2.79. The van der Waals surface area contributed by atoms with Gasteiger partial charge in [0.15, 0.2) is 0 Å². The number of hydrogen-bond acceptors (Lipinski definition) is 5. The quantitative estimate of drug-likeness (QED) is 0.863. The fraction of sp³-hybridized carbons (Fsp3) is 0.389. The molecule has 1 aromatic carbocycles. The number of carbonyl (C=O) groups excluding carboxylic acids is 1. The fourth-order valence-corrected chi connectivity index (χ4v) is 3.34. The predicted octanol–water partition coefficient (Wildman–Crippen LogP) is 2.38. The maximum Gasteiger partial charge on any atom is 0.307 e. The predicted molar refractivity (Wildman–Crippen MR) is 86.7 cm³/mol. The summed E-state index contributed by atoms with van der Waals surface area (Å²) in [4.78, 5) is 27.1. The average Bonchev–Trinajstić information content (AvgIpc) is 3.22. The highest BCUT2D eigenvalue weighted by Crippen LogP contribution is 2.34. The van der Waals surface area contributed by atoms with Gasteiger partial charge in [-0.1, -0.05) is 25.0 Å². The molecule has 6 nitrogen and oxygen atoms in total. The molecule has 2 aromatic rings. The van der Waals surface area contributed by atoms with Crippen LogP contribution in [-0.2, 0) is 0 Å². The van der Waals surface area contributed by atoms with Gasteiger partial charge in [-0.25, -0.2) is 4.57 Å². The monoisotopic (exact) mass is 326 g/mol.